The molecule has 0 saturated heterocycles. The zero-order valence-corrected chi connectivity index (χ0v) is 16.4. The molecular formula is C22H22N2O3S. The molecule has 2 N–H and O–H groups in total. The van der Waals surface area contributed by atoms with Crippen LogP contribution in [0.4, 0.5) is 11.4 Å². The van der Waals surface area contributed by atoms with Gasteiger partial charge in [0, 0.05) is 17.8 Å². The van der Waals surface area contributed by atoms with E-state index >= 15 is 0 Å². The Balaban J connectivity index is 1.60. The van der Waals surface area contributed by atoms with Gasteiger partial charge < -0.3 is 5.32 Å². The van der Waals surface area contributed by atoms with Crippen LogP contribution < -0.4 is 10.0 Å². The molecule has 3 aromatic rings. The molecule has 0 heterocycles. The van der Waals surface area contributed by atoms with E-state index in [0.717, 1.165) is 11.1 Å². The summed E-state index contributed by atoms with van der Waals surface area (Å²) in [7, 11) is -3.68. The third kappa shape index (κ3) is 5.44. The van der Waals surface area contributed by atoms with Gasteiger partial charge in [-0.15, -0.1) is 0 Å². The second kappa shape index (κ2) is 8.71. The van der Waals surface area contributed by atoms with Crippen LogP contribution in [0.1, 0.15) is 17.5 Å². The van der Waals surface area contributed by atoms with Crippen molar-refractivity contribution in [3.8, 4) is 0 Å². The molecule has 28 heavy (non-hydrogen) atoms. The maximum absolute atomic E-state index is 12.5. The number of hydrogen-bond donors (Lipinski definition) is 2. The highest BCUT2D eigenvalue weighted by atomic mass is 32.2. The Morgan fingerprint density at radius 1 is 0.857 bits per heavy atom. The van der Waals surface area contributed by atoms with Gasteiger partial charge in [0.25, 0.3) is 10.0 Å². The number of hydrogen-bond acceptors (Lipinski definition) is 3. The second-order valence-electron chi connectivity index (χ2n) is 6.53. The molecule has 0 aliphatic carbocycles. The van der Waals surface area contributed by atoms with Crippen LogP contribution in [0, 0.1) is 6.92 Å². The molecule has 1 amide bonds. The van der Waals surface area contributed by atoms with E-state index in [-0.39, 0.29) is 10.8 Å². The van der Waals surface area contributed by atoms with E-state index in [1.54, 1.807) is 30.3 Å². The number of carbonyl (C=O) groups excluding carboxylic acids is 1. The van der Waals surface area contributed by atoms with Gasteiger partial charge in [0.2, 0.25) is 5.91 Å². The van der Waals surface area contributed by atoms with Gasteiger partial charge in [0.1, 0.15) is 0 Å². The van der Waals surface area contributed by atoms with E-state index in [1.807, 2.05) is 43.3 Å². The van der Waals surface area contributed by atoms with Crippen LogP contribution in [0.25, 0.3) is 0 Å². The average Bonchev–Trinajstić information content (AvgIpc) is 2.67. The fourth-order valence-corrected chi connectivity index (χ4v) is 3.82. The Bertz CT molecular complexity index is 1050. The maximum atomic E-state index is 12.5. The number of sulfonamides is 1. The minimum absolute atomic E-state index is 0.114. The number of benzene rings is 3. The Morgan fingerprint density at radius 3 is 2.25 bits per heavy atom. The normalized spacial score (nSPS) is 11.0. The fraction of sp³-hybridized carbons (Fsp3) is 0.136. The SMILES string of the molecule is Cc1cccc(NS(=O)(=O)c2ccc(NC(=O)CCc3ccccc3)cc2)c1. The minimum atomic E-state index is -3.68. The third-order valence-corrected chi connectivity index (χ3v) is 5.60. The number of anilines is 2. The highest BCUT2D eigenvalue weighted by Gasteiger charge is 2.14. The third-order valence-electron chi connectivity index (χ3n) is 4.20. The summed E-state index contributed by atoms with van der Waals surface area (Å²) in [5, 5.41) is 2.79. The second-order valence-corrected chi connectivity index (χ2v) is 8.22. The van der Waals surface area contributed by atoms with Crippen LogP contribution >= 0.6 is 0 Å². The van der Waals surface area contributed by atoms with Crippen LogP contribution in [0.3, 0.4) is 0 Å². The summed E-state index contributed by atoms with van der Waals surface area (Å²) in [5.41, 5.74) is 3.14. The molecule has 0 fully saturated rings. The van der Waals surface area contributed by atoms with Gasteiger partial charge in [-0.2, -0.15) is 0 Å². The lowest BCUT2D eigenvalue weighted by Gasteiger charge is -2.10. The molecule has 0 bridgehead atoms. The fourth-order valence-electron chi connectivity index (χ4n) is 2.77. The molecule has 0 saturated carbocycles. The van der Waals surface area contributed by atoms with Gasteiger partial charge in [0.15, 0.2) is 0 Å². The monoisotopic (exact) mass is 394 g/mol. The molecule has 3 rings (SSSR count). The molecular weight excluding hydrogens is 372 g/mol. The van der Waals surface area contributed by atoms with Crippen molar-refractivity contribution in [3.05, 3.63) is 90.0 Å². The van der Waals surface area contributed by atoms with Gasteiger partial charge in [-0.05, 0) is 60.9 Å². The van der Waals surface area contributed by atoms with Gasteiger partial charge in [0.05, 0.1) is 4.90 Å². The molecule has 0 atom stereocenters. The van der Waals surface area contributed by atoms with Crippen molar-refractivity contribution in [2.75, 3.05) is 10.0 Å². The van der Waals surface area contributed by atoms with Crippen molar-refractivity contribution in [3.63, 3.8) is 0 Å². The summed E-state index contributed by atoms with van der Waals surface area (Å²) in [6, 6.07) is 23.1. The van der Waals surface area contributed by atoms with E-state index in [0.29, 0.717) is 24.2 Å². The highest BCUT2D eigenvalue weighted by molar-refractivity contribution is 7.92. The summed E-state index contributed by atoms with van der Waals surface area (Å²) in [5.74, 6) is -0.114. The van der Waals surface area contributed by atoms with Crippen molar-refractivity contribution in [1.29, 1.82) is 0 Å². The lowest BCUT2D eigenvalue weighted by atomic mass is 10.1. The molecule has 0 spiro atoms. The summed E-state index contributed by atoms with van der Waals surface area (Å²) >= 11 is 0. The Hall–Kier alpha value is -3.12. The van der Waals surface area contributed by atoms with Crippen LogP contribution in [0.15, 0.2) is 83.8 Å². The average molecular weight is 394 g/mol. The maximum Gasteiger partial charge on any atom is 0.261 e. The number of rotatable bonds is 7. The van der Waals surface area contributed by atoms with Crippen molar-refractivity contribution in [1.82, 2.24) is 0 Å². The van der Waals surface area contributed by atoms with Crippen molar-refractivity contribution in [2.24, 2.45) is 0 Å². The Kier molecular flexibility index (Phi) is 6.11. The van der Waals surface area contributed by atoms with Crippen LogP contribution in [-0.4, -0.2) is 14.3 Å². The lowest BCUT2D eigenvalue weighted by Crippen LogP contribution is -2.14. The molecule has 0 aliphatic heterocycles. The van der Waals surface area contributed by atoms with E-state index in [9.17, 15) is 13.2 Å². The molecule has 0 aliphatic rings. The summed E-state index contributed by atoms with van der Waals surface area (Å²) < 4.78 is 27.6. The smallest absolute Gasteiger partial charge is 0.261 e. The quantitative estimate of drug-likeness (QED) is 0.625. The first-order chi connectivity index (χ1) is 13.4. The van der Waals surface area contributed by atoms with E-state index in [1.165, 1.54) is 12.1 Å². The van der Waals surface area contributed by atoms with Crippen molar-refractivity contribution in [2.45, 2.75) is 24.7 Å². The van der Waals surface area contributed by atoms with E-state index in [4.69, 9.17) is 0 Å². The molecule has 5 nitrogen and oxygen atoms in total. The predicted molar refractivity (Wildman–Crippen MR) is 112 cm³/mol. The molecule has 0 unspecified atom stereocenters. The van der Waals surface area contributed by atoms with Crippen molar-refractivity contribution < 1.29 is 13.2 Å². The molecule has 6 heteroatoms. The molecule has 144 valence electrons. The summed E-state index contributed by atoms with van der Waals surface area (Å²) in [6.07, 6.45) is 1.01. The zero-order valence-electron chi connectivity index (χ0n) is 15.6. The largest absolute Gasteiger partial charge is 0.326 e. The summed E-state index contributed by atoms with van der Waals surface area (Å²) in [6.45, 7) is 1.90. The first-order valence-corrected chi connectivity index (χ1v) is 10.4. The van der Waals surface area contributed by atoms with Crippen molar-refractivity contribution >= 4 is 27.3 Å². The van der Waals surface area contributed by atoms with Gasteiger partial charge >= 0.3 is 0 Å². The van der Waals surface area contributed by atoms with Gasteiger partial charge in [-0.25, -0.2) is 8.42 Å². The van der Waals surface area contributed by atoms with Crippen LogP contribution in [-0.2, 0) is 21.2 Å². The Morgan fingerprint density at radius 2 is 1.57 bits per heavy atom. The summed E-state index contributed by atoms with van der Waals surface area (Å²) in [4.78, 5) is 12.2. The lowest BCUT2D eigenvalue weighted by molar-refractivity contribution is -0.116. The minimum Gasteiger partial charge on any atom is -0.326 e. The first-order valence-electron chi connectivity index (χ1n) is 8.96. The predicted octanol–water partition coefficient (Wildman–Crippen LogP) is 4.37. The highest BCUT2D eigenvalue weighted by Crippen LogP contribution is 2.19. The number of amides is 1. The van der Waals surface area contributed by atoms with Gasteiger partial charge in [-0.1, -0.05) is 42.5 Å². The topological polar surface area (TPSA) is 75.3 Å². The molecule has 0 radical (unpaired) electrons. The Labute approximate surface area is 165 Å². The number of carbonyl (C=O) groups is 1. The number of nitrogens with one attached hydrogen (secondary N) is 2. The standard InChI is InChI=1S/C22H22N2O3S/c1-17-6-5-9-20(16-17)24-28(26,27)21-13-11-19(12-14-21)23-22(25)15-10-18-7-3-2-4-8-18/h2-9,11-14,16,24H,10,15H2,1H3,(H,23,25). The zero-order chi connectivity index (χ0) is 20.0. The van der Waals surface area contributed by atoms with E-state index in [2.05, 4.69) is 10.0 Å². The molecule has 3 aromatic carbocycles. The van der Waals surface area contributed by atoms with Crippen LogP contribution in [0.2, 0.25) is 0 Å². The number of aryl methyl sites for hydroxylation is 2. The molecule has 0 aromatic heterocycles. The van der Waals surface area contributed by atoms with Gasteiger partial charge in [-0.3, -0.25) is 9.52 Å². The van der Waals surface area contributed by atoms with Crippen LogP contribution in [0.5, 0.6) is 0 Å². The first kappa shape index (κ1) is 19.6. The van der Waals surface area contributed by atoms with E-state index < -0.39 is 10.0 Å².